The molecule has 1 aromatic carbocycles. The summed E-state index contributed by atoms with van der Waals surface area (Å²) in [5, 5.41) is 3.38. The molecule has 2 N–H and O–H groups in total. The van der Waals surface area contributed by atoms with E-state index < -0.39 is 0 Å². The van der Waals surface area contributed by atoms with Gasteiger partial charge in [0.25, 0.3) is 0 Å². The van der Waals surface area contributed by atoms with Gasteiger partial charge in [0, 0.05) is 23.6 Å². The Morgan fingerprint density at radius 3 is 2.65 bits per heavy atom. The second-order valence-corrected chi connectivity index (χ2v) is 4.60. The topological polar surface area (TPSA) is 63.0 Å². The summed E-state index contributed by atoms with van der Waals surface area (Å²) in [7, 11) is 0. The number of anilines is 1. The Hall–Kier alpha value is -2.69. The summed E-state index contributed by atoms with van der Waals surface area (Å²) in [6.45, 7) is 2.06. The molecule has 0 aliphatic heterocycles. The molecule has 5 nitrogen and oxygen atoms in total. The summed E-state index contributed by atoms with van der Waals surface area (Å²) < 4.78 is 6.63. The Bertz CT molecular complexity index is 723. The third kappa shape index (κ3) is 2.38. The quantitative estimate of drug-likeness (QED) is 0.765. The molecule has 0 fully saturated rings. The lowest BCUT2D eigenvalue weighted by Gasteiger charge is -2.13. The molecule has 102 valence electrons. The van der Waals surface area contributed by atoms with Crippen molar-refractivity contribution in [1.29, 1.82) is 0 Å². The minimum absolute atomic E-state index is 0.141. The Morgan fingerprint density at radius 2 is 2.05 bits per heavy atom. The van der Waals surface area contributed by atoms with Gasteiger partial charge in [0.2, 0.25) is 0 Å². The van der Waals surface area contributed by atoms with Gasteiger partial charge in [-0.1, -0.05) is 0 Å². The van der Waals surface area contributed by atoms with Gasteiger partial charge in [0.05, 0.1) is 24.3 Å². The van der Waals surface area contributed by atoms with Crippen LogP contribution >= 0.6 is 0 Å². The Labute approximate surface area is 115 Å². The van der Waals surface area contributed by atoms with E-state index in [1.54, 1.807) is 29.5 Å². The number of hydrogen-bond acceptors (Lipinski definition) is 3. The molecule has 20 heavy (non-hydrogen) atoms. The molecule has 0 bridgehead atoms. The first-order valence-corrected chi connectivity index (χ1v) is 6.39. The zero-order valence-electron chi connectivity index (χ0n) is 11.0. The fourth-order valence-electron chi connectivity index (χ4n) is 2.10. The monoisotopic (exact) mass is 269 g/mol. The molecule has 0 aliphatic rings. The van der Waals surface area contributed by atoms with Crippen LogP contribution in [0.2, 0.25) is 0 Å². The van der Waals surface area contributed by atoms with E-state index in [-0.39, 0.29) is 11.7 Å². The molecule has 1 unspecified atom stereocenters. The third-order valence-corrected chi connectivity index (χ3v) is 3.22. The standard InChI is InChI=1S/C15H15N3O2/c1-11(12-6-9-20-10-12)17-13-2-4-14(5-3-13)18-8-7-16-15(18)19/h2-11,17H,1H3,(H,16,19). The van der Waals surface area contributed by atoms with Gasteiger partial charge in [-0.25, -0.2) is 4.79 Å². The molecule has 0 saturated heterocycles. The SMILES string of the molecule is CC(Nc1ccc(-n2cc[nH]c2=O)cc1)c1ccoc1. The van der Waals surface area contributed by atoms with Crippen molar-refractivity contribution in [3.05, 3.63) is 71.3 Å². The zero-order chi connectivity index (χ0) is 13.9. The highest BCUT2D eigenvalue weighted by atomic mass is 16.3. The number of rotatable bonds is 4. The van der Waals surface area contributed by atoms with E-state index in [4.69, 9.17) is 4.42 Å². The lowest BCUT2D eigenvalue weighted by Crippen LogP contribution is -2.14. The molecule has 5 heteroatoms. The Balaban J connectivity index is 1.77. The third-order valence-electron chi connectivity index (χ3n) is 3.22. The van der Waals surface area contributed by atoms with Crippen LogP contribution in [0.25, 0.3) is 5.69 Å². The van der Waals surface area contributed by atoms with Gasteiger partial charge in [0.15, 0.2) is 0 Å². The molecule has 3 rings (SSSR count). The van der Waals surface area contributed by atoms with E-state index in [0.717, 1.165) is 16.9 Å². The van der Waals surface area contributed by atoms with Crippen molar-refractivity contribution in [2.75, 3.05) is 5.32 Å². The first kappa shape index (κ1) is 12.3. The van der Waals surface area contributed by atoms with E-state index in [9.17, 15) is 4.79 Å². The molecule has 2 aromatic heterocycles. The lowest BCUT2D eigenvalue weighted by molar-refractivity contribution is 0.562. The van der Waals surface area contributed by atoms with Crippen LogP contribution in [0.4, 0.5) is 5.69 Å². The van der Waals surface area contributed by atoms with Crippen molar-refractivity contribution in [2.45, 2.75) is 13.0 Å². The highest BCUT2D eigenvalue weighted by Crippen LogP contribution is 2.20. The van der Waals surface area contributed by atoms with Gasteiger partial charge in [-0.2, -0.15) is 0 Å². The molecule has 0 saturated carbocycles. The number of aromatic amines is 1. The molecule has 0 amide bonds. The van der Waals surface area contributed by atoms with Gasteiger partial charge < -0.3 is 14.7 Å². The summed E-state index contributed by atoms with van der Waals surface area (Å²) in [6, 6.07) is 9.80. The summed E-state index contributed by atoms with van der Waals surface area (Å²) in [6.07, 6.45) is 6.72. The van der Waals surface area contributed by atoms with E-state index >= 15 is 0 Å². The number of furan rings is 1. The number of H-pyrrole nitrogens is 1. The molecule has 1 atom stereocenters. The number of nitrogens with zero attached hydrogens (tertiary/aromatic N) is 1. The average molecular weight is 269 g/mol. The van der Waals surface area contributed by atoms with Crippen LogP contribution in [-0.4, -0.2) is 9.55 Å². The second kappa shape index (κ2) is 5.13. The molecular weight excluding hydrogens is 254 g/mol. The largest absolute Gasteiger partial charge is 0.472 e. The van der Waals surface area contributed by atoms with E-state index in [1.165, 1.54) is 0 Å². The zero-order valence-corrected chi connectivity index (χ0v) is 11.0. The maximum absolute atomic E-state index is 11.5. The van der Waals surface area contributed by atoms with E-state index in [0.29, 0.717) is 0 Å². The van der Waals surface area contributed by atoms with Crippen LogP contribution < -0.4 is 11.0 Å². The van der Waals surface area contributed by atoms with E-state index in [2.05, 4.69) is 17.2 Å². The van der Waals surface area contributed by atoms with Crippen LogP contribution in [-0.2, 0) is 0 Å². The molecule has 0 spiro atoms. The van der Waals surface area contributed by atoms with Crippen molar-refractivity contribution in [2.24, 2.45) is 0 Å². The van der Waals surface area contributed by atoms with Gasteiger partial charge in [-0.15, -0.1) is 0 Å². The average Bonchev–Trinajstić information content (AvgIpc) is 3.11. The summed E-state index contributed by atoms with van der Waals surface area (Å²) >= 11 is 0. The van der Waals surface area contributed by atoms with Crippen molar-refractivity contribution < 1.29 is 4.42 Å². The molecule has 3 aromatic rings. The van der Waals surface area contributed by atoms with Crippen molar-refractivity contribution >= 4 is 5.69 Å². The molecule has 0 radical (unpaired) electrons. The predicted molar refractivity (Wildman–Crippen MR) is 77.1 cm³/mol. The number of nitrogens with one attached hydrogen (secondary N) is 2. The minimum Gasteiger partial charge on any atom is -0.472 e. The van der Waals surface area contributed by atoms with Crippen molar-refractivity contribution in [3.63, 3.8) is 0 Å². The second-order valence-electron chi connectivity index (χ2n) is 4.60. The van der Waals surface area contributed by atoms with Gasteiger partial charge >= 0.3 is 5.69 Å². The summed E-state index contributed by atoms with van der Waals surface area (Å²) in [5.74, 6) is 0. The lowest BCUT2D eigenvalue weighted by atomic mass is 10.1. The van der Waals surface area contributed by atoms with Gasteiger partial charge in [-0.3, -0.25) is 4.57 Å². The maximum atomic E-state index is 11.5. The Morgan fingerprint density at radius 1 is 1.25 bits per heavy atom. The van der Waals surface area contributed by atoms with Crippen LogP contribution in [0, 0.1) is 0 Å². The normalized spacial score (nSPS) is 12.2. The first-order chi connectivity index (χ1) is 9.74. The smallest absolute Gasteiger partial charge is 0.330 e. The molecule has 2 heterocycles. The van der Waals surface area contributed by atoms with E-state index in [1.807, 2.05) is 30.3 Å². The van der Waals surface area contributed by atoms with Crippen LogP contribution in [0.15, 0.2) is 64.5 Å². The highest BCUT2D eigenvalue weighted by molar-refractivity contribution is 5.50. The Kier molecular flexibility index (Phi) is 3.16. The maximum Gasteiger partial charge on any atom is 0.330 e. The van der Waals surface area contributed by atoms with Crippen molar-refractivity contribution in [1.82, 2.24) is 9.55 Å². The van der Waals surface area contributed by atoms with Gasteiger partial charge in [0.1, 0.15) is 0 Å². The number of hydrogen-bond donors (Lipinski definition) is 2. The predicted octanol–water partition coefficient (Wildman–Crippen LogP) is 2.93. The highest BCUT2D eigenvalue weighted by Gasteiger charge is 2.06. The fourth-order valence-corrected chi connectivity index (χ4v) is 2.10. The van der Waals surface area contributed by atoms with Crippen LogP contribution in [0.1, 0.15) is 18.5 Å². The van der Waals surface area contributed by atoms with Crippen LogP contribution in [0.5, 0.6) is 0 Å². The number of aromatic nitrogens is 2. The fraction of sp³-hybridized carbons (Fsp3) is 0.133. The number of imidazole rings is 1. The first-order valence-electron chi connectivity index (χ1n) is 6.39. The molecular formula is C15H15N3O2. The summed E-state index contributed by atoms with van der Waals surface area (Å²) in [5.41, 5.74) is 2.78. The molecule has 0 aliphatic carbocycles. The van der Waals surface area contributed by atoms with Crippen LogP contribution in [0.3, 0.4) is 0 Å². The summed E-state index contributed by atoms with van der Waals surface area (Å²) in [4.78, 5) is 14.1. The minimum atomic E-state index is -0.141. The number of benzene rings is 1. The van der Waals surface area contributed by atoms with Gasteiger partial charge in [-0.05, 0) is 37.3 Å². The van der Waals surface area contributed by atoms with Crippen molar-refractivity contribution in [3.8, 4) is 5.69 Å².